The van der Waals surface area contributed by atoms with E-state index in [0.717, 1.165) is 24.0 Å². The standard InChI is InChI=1S/C34H26P2.2C15H9.2Au/c1-5-17-29(18-6-1)35(30-19-7-2-8-20-30)33-25-27-15-13-14-16-28(27)26-34(33)36(31-21-9-3-10-22-31)32-23-11-4-12-24-32;2*1-2-11-7-8-15-13(9-11)10-12-5-3-4-6-14(12)15;;/h1-26H;2*3-9H,10H2;;/q;2*-1;2*+1/p+2. The Labute approximate surface area is 435 Å². The molecule has 4 heteroatoms. The minimum Gasteiger partial charge on any atom is -0.366 e. The molecule has 0 atom stereocenters. The second-order valence-corrected chi connectivity index (χ2v) is 21.5. The summed E-state index contributed by atoms with van der Waals surface area (Å²) in [6.45, 7) is 0. The molecule has 2 aliphatic rings. The van der Waals surface area contributed by atoms with Crippen LogP contribution in [0.4, 0.5) is 0 Å². The molecule has 68 heavy (non-hydrogen) atoms. The van der Waals surface area contributed by atoms with E-state index in [4.69, 9.17) is 12.8 Å². The SMILES string of the molecule is [Au+].[Au+].[C-]#Cc1ccc2c(c1)Cc1ccccc1-2.[C-]#Cc1ccc2c(c1)Cc1ccccc1-2.c1ccc([PH+](c2ccccc2)c2cc3ccccc3cc2[PH+](c2ccccc2)c2ccccc2)cc1. The first kappa shape index (κ1) is 48.4. The molecule has 0 unspecified atom stereocenters. The number of hydrogen-bond acceptors (Lipinski definition) is 0. The van der Waals surface area contributed by atoms with Gasteiger partial charge in [-0.05, 0) is 118 Å². The van der Waals surface area contributed by atoms with Gasteiger partial charge in [0.1, 0.15) is 47.7 Å². The molecule has 0 amide bonds. The van der Waals surface area contributed by atoms with Gasteiger partial charge >= 0.3 is 44.8 Å². The Bertz CT molecular complexity index is 3080. The van der Waals surface area contributed by atoms with Crippen molar-refractivity contribution in [2.75, 3.05) is 0 Å². The van der Waals surface area contributed by atoms with E-state index in [1.54, 1.807) is 0 Å². The van der Waals surface area contributed by atoms with Crippen molar-refractivity contribution in [3.8, 4) is 34.1 Å². The summed E-state index contributed by atoms with van der Waals surface area (Å²) in [4.78, 5) is 0. The van der Waals surface area contributed by atoms with Crippen molar-refractivity contribution in [3.05, 3.63) is 289 Å². The Morgan fingerprint density at radius 1 is 0.294 bits per heavy atom. The third-order valence-electron chi connectivity index (χ3n) is 12.6. The van der Waals surface area contributed by atoms with Gasteiger partial charge in [-0.15, -0.1) is 35.4 Å². The van der Waals surface area contributed by atoms with Crippen molar-refractivity contribution in [1.29, 1.82) is 0 Å². The number of fused-ring (bicyclic) bond motifs is 7. The molecule has 0 aromatic heterocycles. The molecule has 0 aliphatic heterocycles. The summed E-state index contributed by atoms with van der Waals surface area (Å²) in [5.41, 5.74) is 12.4. The first-order valence-corrected chi connectivity index (χ1v) is 25.4. The zero-order valence-corrected chi connectivity index (χ0v) is 43.4. The van der Waals surface area contributed by atoms with E-state index in [1.165, 1.54) is 87.1 Å². The van der Waals surface area contributed by atoms with E-state index >= 15 is 0 Å². The summed E-state index contributed by atoms with van der Waals surface area (Å²) in [6.07, 6.45) is 16.2. The molecular formula is C64H46Au2P2+2. The fraction of sp³-hybridized carbons (Fsp3) is 0.0312. The van der Waals surface area contributed by atoms with E-state index < -0.39 is 15.8 Å². The Morgan fingerprint density at radius 3 is 0.926 bits per heavy atom. The Kier molecular flexibility index (Phi) is 16.2. The summed E-state index contributed by atoms with van der Waals surface area (Å²) in [7, 11) is -2.46. The molecular weight excluding hydrogens is 1220 g/mol. The first-order valence-electron chi connectivity index (χ1n) is 22.4. The quantitative estimate of drug-likeness (QED) is 0.0674. The molecule has 0 bridgehead atoms. The van der Waals surface area contributed by atoms with Crippen LogP contribution < -0.4 is 31.8 Å². The Balaban J connectivity index is 0.000000160. The predicted molar refractivity (Wildman–Crippen MR) is 286 cm³/mol. The van der Waals surface area contributed by atoms with Gasteiger partial charge in [0.2, 0.25) is 0 Å². The minimum absolute atomic E-state index is 0. The van der Waals surface area contributed by atoms with Crippen LogP contribution in [0.2, 0.25) is 0 Å². The van der Waals surface area contributed by atoms with Crippen LogP contribution in [0, 0.1) is 24.7 Å². The van der Waals surface area contributed by atoms with Crippen LogP contribution in [0.3, 0.4) is 0 Å². The summed E-state index contributed by atoms with van der Waals surface area (Å²) >= 11 is 0. The average Bonchev–Trinajstić information content (AvgIpc) is 3.96. The van der Waals surface area contributed by atoms with Gasteiger partial charge in [0.15, 0.2) is 0 Å². The molecule has 332 valence electrons. The van der Waals surface area contributed by atoms with Crippen molar-refractivity contribution in [2.24, 2.45) is 0 Å². The zero-order chi connectivity index (χ0) is 44.7. The second kappa shape index (κ2) is 22.8. The van der Waals surface area contributed by atoms with Gasteiger partial charge < -0.3 is 12.8 Å². The fourth-order valence-electron chi connectivity index (χ4n) is 9.47. The van der Waals surface area contributed by atoms with Crippen LogP contribution in [-0.4, -0.2) is 0 Å². The van der Waals surface area contributed by atoms with Crippen LogP contribution in [0.15, 0.2) is 243 Å². The van der Waals surface area contributed by atoms with Crippen molar-refractivity contribution in [3.63, 3.8) is 0 Å². The zero-order valence-electron chi connectivity index (χ0n) is 37.1. The number of benzene rings is 10. The maximum absolute atomic E-state index is 7.12. The molecule has 10 aromatic rings. The van der Waals surface area contributed by atoms with Gasteiger partial charge in [-0.25, -0.2) is 0 Å². The monoisotopic (exact) mass is 1270 g/mol. The molecule has 0 spiro atoms. The molecule has 0 heterocycles. The van der Waals surface area contributed by atoms with Gasteiger partial charge in [-0.2, -0.15) is 0 Å². The Hall–Kier alpha value is -6.08. The molecule has 0 radical (unpaired) electrons. The van der Waals surface area contributed by atoms with Gasteiger partial charge in [-0.1, -0.05) is 169 Å². The molecule has 0 nitrogen and oxygen atoms in total. The van der Waals surface area contributed by atoms with Crippen LogP contribution in [0.25, 0.3) is 33.0 Å². The van der Waals surface area contributed by atoms with E-state index in [9.17, 15) is 0 Å². The summed E-state index contributed by atoms with van der Waals surface area (Å²) in [6, 6.07) is 87.5. The summed E-state index contributed by atoms with van der Waals surface area (Å²) < 4.78 is 0. The maximum atomic E-state index is 7.12. The molecule has 0 saturated carbocycles. The number of rotatable bonds is 6. The van der Waals surface area contributed by atoms with Crippen LogP contribution >= 0.6 is 15.8 Å². The number of hydrogen-bond donors (Lipinski definition) is 0. The first-order chi connectivity index (χ1) is 32.6. The summed E-state index contributed by atoms with van der Waals surface area (Å²) in [5, 5.41) is 11.3. The third-order valence-corrected chi connectivity index (χ3v) is 18.3. The van der Waals surface area contributed by atoms with E-state index in [-0.39, 0.29) is 44.8 Å². The van der Waals surface area contributed by atoms with Crippen molar-refractivity contribution in [2.45, 2.75) is 12.8 Å². The molecule has 10 aromatic carbocycles. The van der Waals surface area contributed by atoms with Crippen molar-refractivity contribution < 1.29 is 44.8 Å². The van der Waals surface area contributed by atoms with Gasteiger partial charge in [-0.3, -0.25) is 11.8 Å². The average molecular weight is 1270 g/mol. The van der Waals surface area contributed by atoms with Gasteiger partial charge in [0.05, 0.1) is 0 Å². The van der Waals surface area contributed by atoms with E-state index in [1.807, 2.05) is 12.1 Å². The fourth-order valence-corrected chi connectivity index (χ4v) is 15.5. The topological polar surface area (TPSA) is 0 Å². The van der Waals surface area contributed by atoms with E-state index in [2.05, 4.69) is 242 Å². The smallest absolute Gasteiger partial charge is 0.366 e. The molecule has 0 N–H and O–H groups in total. The third kappa shape index (κ3) is 10.5. The van der Waals surface area contributed by atoms with Gasteiger partial charge in [0.25, 0.3) is 0 Å². The molecule has 2 aliphatic carbocycles. The van der Waals surface area contributed by atoms with Crippen LogP contribution in [0.5, 0.6) is 0 Å². The molecule has 0 saturated heterocycles. The predicted octanol–water partition coefficient (Wildman–Crippen LogP) is 12.2. The van der Waals surface area contributed by atoms with Crippen LogP contribution in [-0.2, 0) is 57.6 Å². The molecule has 12 rings (SSSR count). The normalized spacial score (nSPS) is 11.1. The van der Waals surface area contributed by atoms with Crippen molar-refractivity contribution >= 4 is 58.4 Å². The van der Waals surface area contributed by atoms with Crippen LogP contribution in [0.1, 0.15) is 33.4 Å². The van der Waals surface area contributed by atoms with Crippen molar-refractivity contribution in [1.82, 2.24) is 0 Å². The molecule has 0 fully saturated rings. The Morgan fingerprint density at radius 2 is 0.588 bits per heavy atom. The maximum Gasteiger partial charge on any atom is 1.00 e. The second-order valence-electron chi connectivity index (χ2n) is 16.6. The largest absolute Gasteiger partial charge is 1.00 e. The van der Waals surface area contributed by atoms with Gasteiger partial charge in [0, 0.05) is 0 Å². The van der Waals surface area contributed by atoms with E-state index in [0.29, 0.717) is 0 Å². The minimum atomic E-state index is -1.23. The summed E-state index contributed by atoms with van der Waals surface area (Å²) in [5.74, 6) is 4.87.